The molecule has 2 atom stereocenters. The second-order valence-electron chi connectivity index (χ2n) is 8.11. The van der Waals surface area contributed by atoms with Crippen LogP contribution in [0.4, 0.5) is 0 Å². The number of hydrogen-bond donors (Lipinski definition) is 0. The number of ketones is 1. The second-order valence-corrected chi connectivity index (χ2v) is 8.97. The van der Waals surface area contributed by atoms with Crippen molar-refractivity contribution in [2.75, 3.05) is 6.54 Å². The lowest BCUT2D eigenvalue weighted by atomic mass is 9.80. The van der Waals surface area contributed by atoms with E-state index >= 15 is 0 Å². The Morgan fingerprint density at radius 3 is 2.79 bits per heavy atom. The topological polar surface area (TPSA) is 50.3 Å². The summed E-state index contributed by atoms with van der Waals surface area (Å²) >= 11 is 1.60. The van der Waals surface area contributed by atoms with Gasteiger partial charge in [-0.2, -0.15) is 0 Å². The van der Waals surface area contributed by atoms with Crippen LogP contribution in [-0.4, -0.2) is 34.2 Å². The standard InChI is InChI=1S/C23H28N2O2S/c1-16-15-28-22(24-16)17-8-7-9-18(14-17)23(27)25-13-6-2-3-11-20(25)19-10-4-5-12-21(19)26/h7-9,14-15,19-20H,2-6,10-13H2,1H3/t19-,20+/m1/s1. The number of rotatable bonds is 3. The molecule has 0 spiro atoms. The van der Waals surface area contributed by atoms with Crippen LogP contribution in [0.15, 0.2) is 29.6 Å². The minimum Gasteiger partial charge on any atom is -0.335 e. The maximum absolute atomic E-state index is 13.5. The number of carbonyl (C=O) groups excluding carboxylic acids is 2. The molecule has 4 rings (SSSR count). The van der Waals surface area contributed by atoms with Crippen LogP contribution >= 0.6 is 11.3 Å². The van der Waals surface area contributed by atoms with Gasteiger partial charge < -0.3 is 4.90 Å². The van der Waals surface area contributed by atoms with Gasteiger partial charge in [0.2, 0.25) is 0 Å². The Bertz CT molecular complexity index is 860. The molecular weight excluding hydrogens is 368 g/mol. The fourth-order valence-corrected chi connectivity index (χ4v) is 5.45. The van der Waals surface area contributed by atoms with E-state index in [1.807, 2.05) is 41.5 Å². The van der Waals surface area contributed by atoms with Gasteiger partial charge in [-0.15, -0.1) is 11.3 Å². The number of likely N-dealkylation sites (tertiary alicyclic amines) is 1. The molecule has 0 unspecified atom stereocenters. The molecule has 4 nitrogen and oxygen atoms in total. The molecule has 1 saturated carbocycles. The average Bonchev–Trinajstić information content (AvgIpc) is 3.01. The molecule has 0 radical (unpaired) electrons. The van der Waals surface area contributed by atoms with Crippen LogP contribution in [-0.2, 0) is 4.79 Å². The van der Waals surface area contributed by atoms with Gasteiger partial charge in [0.05, 0.1) is 0 Å². The summed E-state index contributed by atoms with van der Waals surface area (Å²) in [6, 6.07) is 7.88. The number of amides is 1. The van der Waals surface area contributed by atoms with E-state index in [9.17, 15) is 9.59 Å². The maximum atomic E-state index is 13.5. The number of carbonyl (C=O) groups is 2. The van der Waals surface area contributed by atoms with E-state index in [4.69, 9.17) is 0 Å². The first kappa shape index (κ1) is 19.3. The largest absolute Gasteiger partial charge is 0.335 e. The zero-order valence-corrected chi connectivity index (χ0v) is 17.3. The number of Topliss-reactive ketones (excluding diaryl/α,β-unsaturated/α-hetero) is 1. The smallest absolute Gasteiger partial charge is 0.254 e. The molecule has 5 heteroatoms. The van der Waals surface area contributed by atoms with Gasteiger partial charge in [-0.25, -0.2) is 4.98 Å². The van der Waals surface area contributed by atoms with Crippen molar-refractivity contribution in [3.63, 3.8) is 0 Å². The summed E-state index contributed by atoms with van der Waals surface area (Å²) in [5.74, 6) is 0.462. The Labute approximate surface area is 171 Å². The summed E-state index contributed by atoms with van der Waals surface area (Å²) in [5, 5.41) is 2.98. The Morgan fingerprint density at radius 1 is 1.14 bits per heavy atom. The molecule has 0 bridgehead atoms. The molecule has 148 valence electrons. The van der Waals surface area contributed by atoms with Crippen LogP contribution in [0.1, 0.15) is 67.4 Å². The Balaban J connectivity index is 1.61. The van der Waals surface area contributed by atoms with Crippen molar-refractivity contribution in [1.29, 1.82) is 0 Å². The quantitative estimate of drug-likeness (QED) is 0.711. The molecule has 1 aliphatic carbocycles. The zero-order valence-electron chi connectivity index (χ0n) is 16.5. The van der Waals surface area contributed by atoms with Crippen molar-refractivity contribution in [2.45, 2.75) is 64.3 Å². The van der Waals surface area contributed by atoms with Crippen molar-refractivity contribution in [3.8, 4) is 10.6 Å². The van der Waals surface area contributed by atoms with E-state index in [0.29, 0.717) is 17.8 Å². The van der Waals surface area contributed by atoms with Gasteiger partial charge in [-0.3, -0.25) is 9.59 Å². The number of hydrogen-bond acceptors (Lipinski definition) is 4. The molecule has 2 heterocycles. The summed E-state index contributed by atoms with van der Waals surface area (Å²) in [6.07, 6.45) is 7.95. The molecule has 1 amide bonds. The summed E-state index contributed by atoms with van der Waals surface area (Å²) in [5.41, 5.74) is 2.70. The molecule has 1 aromatic heterocycles. The van der Waals surface area contributed by atoms with Crippen molar-refractivity contribution >= 4 is 23.0 Å². The third-order valence-corrected chi connectivity index (χ3v) is 7.11. The molecule has 2 aromatic rings. The highest BCUT2D eigenvalue weighted by Gasteiger charge is 2.37. The van der Waals surface area contributed by atoms with Gasteiger partial charge in [-0.1, -0.05) is 31.4 Å². The van der Waals surface area contributed by atoms with Gasteiger partial charge in [0, 0.05) is 47.1 Å². The van der Waals surface area contributed by atoms with Crippen molar-refractivity contribution in [1.82, 2.24) is 9.88 Å². The van der Waals surface area contributed by atoms with Crippen LogP contribution in [0.5, 0.6) is 0 Å². The molecule has 2 fully saturated rings. The number of aromatic nitrogens is 1. The Hall–Kier alpha value is -2.01. The van der Waals surface area contributed by atoms with Crippen molar-refractivity contribution in [2.24, 2.45) is 5.92 Å². The van der Waals surface area contributed by atoms with E-state index in [2.05, 4.69) is 4.98 Å². The summed E-state index contributed by atoms with van der Waals surface area (Å²) in [6.45, 7) is 2.74. The highest BCUT2D eigenvalue weighted by atomic mass is 32.1. The second kappa shape index (κ2) is 8.56. The van der Waals surface area contributed by atoms with Crippen LogP contribution in [0.3, 0.4) is 0 Å². The molecule has 28 heavy (non-hydrogen) atoms. The number of nitrogens with zero attached hydrogens (tertiary/aromatic N) is 2. The van der Waals surface area contributed by atoms with E-state index in [-0.39, 0.29) is 17.9 Å². The van der Waals surface area contributed by atoms with Gasteiger partial charge in [-0.05, 0) is 44.7 Å². The summed E-state index contributed by atoms with van der Waals surface area (Å²) in [4.78, 5) is 32.7. The summed E-state index contributed by atoms with van der Waals surface area (Å²) in [7, 11) is 0. The highest BCUT2D eigenvalue weighted by molar-refractivity contribution is 7.13. The first-order valence-corrected chi connectivity index (χ1v) is 11.4. The molecule has 1 saturated heterocycles. The lowest BCUT2D eigenvalue weighted by molar-refractivity contribution is -0.126. The number of benzene rings is 1. The van der Waals surface area contributed by atoms with Crippen LogP contribution < -0.4 is 0 Å². The van der Waals surface area contributed by atoms with E-state index in [1.165, 1.54) is 0 Å². The average molecular weight is 397 g/mol. The Morgan fingerprint density at radius 2 is 2.00 bits per heavy atom. The van der Waals surface area contributed by atoms with E-state index < -0.39 is 0 Å². The Kier molecular flexibility index (Phi) is 5.90. The highest BCUT2D eigenvalue weighted by Crippen LogP contribution is 2.33. The lowest BCUT2D eigenvalue weighted by Gasteiger charge is -2.37. The fraction of sp³-hybridized carbons (Fsp3) is 0.522. The molecule has 1 aromatic carbocycles. The molecule has 2 aliphatic rings. The predicted molar refractivity (Wildman–Crippen MR) is 113 cm³/mol. The molecule has 0 N–H and O–H groups in total. The summed E-state index contributed by atoms with van der Waals surface area (Å²) < 4.78 is 0. The first-order valence-electron chi connectivity index (χ1n) is 10.5. The first-order chi connectivity index (χ1) is 13.6. The van der Waals surface area contributed by atoms with Gasteiger partial charge >= 0.3 is 0 Å². The molecule has 1 aliphatic heterocycles. The van der Waals surface area contributed by atoms with Crippen molar-refractivity contribution in [3.05, 3.63) is 40.9 Å². The van der Waals surface area contributed by atoms with Gasteiger partial charge in [0.15, 0.2) is 0 Å². The fourth-order valence-electron chi connectivity index (χ4n) is 4.66. The predicted octanol–water partition coefficient (Wildman–Crippen LogP) is 5.26. The van der Waals surface area contributed by atoms with Crippen LogP contribution in [0.2, 0.25) is 0 Å². The van der Waals surface area contributed by atoms with Crippen LogP contribution in [0.25, 0.3) is 10.6 Å². The number of aryl methyl sites for hydroxylation is 1. The zero-order chi connectivity index (χ0) is 19.5. The van der Waals surface area contributed by atoms with E-state index in [0.717, 1.165) is 67.8 Å². The third kappa shape index (κ3) is 4.04. The van der Waals surface area contributed by atoms with Gasteiger partial charge in [0.1, 0.15) is 10.8 Å². The monoisotopic (exact) mass is 396 g/mol. The van der Waals surface area contributed by atoms with Crippen LogP contribution in [0, 0.1) is 12.8 Å². The van der Waals surface area contributed by atoms with E-state index in [1.54, 1.807) is 11.3 Å². The third-order valence-electron chi connectivity index (χ3n) is 6.10. The number of thiazole rings is 1. The van der Waals surface area contributed by atoms with Gasteiger partial charge in [0.25, 0.3) is 5.91 Å². The normalized spacial score (nSPS) is 23.5. The molecular formula is C23H28N2O2S. The minimum atomic E-state index is 0.0283. The minimum absolute atomic E-state index is 0.0283. The SMILES string of the molecule is Cc1csc(-c2cccc(C(=O)N3CCCCC[C@H]3[C@H]3CCCCC3=O)c2)n1. The van der Waals surface area contributed by atoms with Crippen molar-refractivity contribution < 1.29 is 9.59 Å². The maximum Gasteiger partial charge on any atom is 0.254 e. The lowest BCUT2D eigenvalue weighted by Crippen LogP contribution is -2.47.